The lowest BCUT2D eigenvalue weighted by Crippen LogP contribution is -2.44. The molecular weight excluding hydrogens is 443 g/mol. The molecule has 2 N–H and O–H groups in total. The molecule has 0 bridgehead atoms. The van der Waals surface area contributed by atoms with Gasteiger partial charge in [0.05, 0.1) is 16.8 Å². The summed E-state index contributed by atoms with van der Waals surface area (Å²) in [5, 5.41) is 5.79. The highest BCUT2D eigenvalue weighted by Gasteiger charge is 2.30. The Morgan fingerprint density at radius 1 is 1.00 bits per heavy atom. The van der Waals surface area contributed by atoms with Crippen LogP contribution in [0.15, 0.2) is 66.9 Å². The van der Waals surface area contributed by atoms with Gasteiger partial charge in [-0.1, -0.05) is 24.3 Å². The first-order chi connectivity index (χ1) is 16.3. The summed E-state index contributed by atoms with van der Waals surface area (Å²) < 4.78 is 39.1. The zero-order chi connectivity index (χ0) is 24.1. The molecule has 9 heteroatoms. The highest BCUT2D eigenvalue weighted by atomic mass is 19.4. The van der Waals surface area contributed by atoms with Crippen molar-refractivity contribution in [3.63, 3.8) is 0 Å². The lowest BCUT2D eigenvalue weighted by Gasteiger charge is -2.33. The van der Waals surface area contributed by atoms with Crippen molar-refractivity contribution in [2.24, 2.45) is 0 Å². The number of alkyl halides is 3. The summed E-state index contributed by atoms with van der Waals surface area (Å²) in [5.41, 5.74) is 1.10. The van der Waals surface area contributed by atoms with Crippen molar-refractivity contribution in [1.82, 2.24) is 15.2 Å². The molecule has 2 heterocycles. The number of hydrogen-bond acceptors (Lipinski definition) is 5. The summed E-state index contributed by atoms with van der Waals surface area (Å²) in [7, 11) is 2.10. The molecule has 2 aromatic carbocycles. The number of carbonyl (C=O) groups is 1. The number of aromatic nitrogens is 1. The minimum atomic E-state index is -4.44. The average molecular weight is 470 g/mol. The van der Waals surface area contributed by atoms with Gasteiger partial charge in [-0.25, -0.2) is 4.98 Å². The third-order valence-corrected chi connectivity index (χ3v) is 5.73. The molecule has 1 aliphatic heterocycles. The van der Waals surface area contributed by atoms with Gasteiger partial charge in [-0.15, -0.1) is 0 Å². The van der Waals surface area contributed by atoms with Gasteiger partial charge in [0.15, 0.2) is 0 Å². The number of nitrogens with zero attached hydrogens (tertiary/aromatic N) is 3. The van der Waals surface area contributed by atoms with Crippen LogP contribution in [0.3, 0.4) is 0 Å². The van der Waals surface area contributed by atoms with E-state index in [0.717, 1.165) is 49.7 Å². The van der Waals surface area contributed by atoms with E-state index in [9.17, 15) is 18.0 Å². The van der Waals surface area contributed by atoms with Crippen LogP contribution in [0.1, 0.15) is 21.5 Å². The predicted molar refractivity (Wildman–Crippen MR) is 126 cm³/mol. The molecule has 6 nitrogen and oxygen atoms in total. The molecule has 1 amide bonds. The van der Waals surface area contributed by atoms with Crippen LogP contribution >= 0.6 is 0 Å². The molecule has 0 saturated carbocycles. The Labute approximate surface area is 196 Å². The summed E-state index contributed by atoms with van der Waals surface area (Å²) in [6, 6.07) is 15.5. The number of amides is 1. The molecule has 1 aliphatic rings. The SMILES string of the molecule is CN1CCN(c2ccc(CNC(=O)c3ccccc3Nc3cccc(C(F)(F)F)c3)cn2)CC1. The fourth-order valence-corrected chi connectivity index (χ4v) is 3.74. The van der Waals surface area contributed by atoms with Crippen LogP contribution in [-0.2, 0) is 12.7 Å². The van der Waals surface area contributed by atoms with E-state index >= 15 is 0 Å². The second kappa shape index (κ2) is 10.1. The molecule has 1 fully saturated rings. The van der Waals surface area contributed by atoms with Crippen LogP contribution in [0, 0.1) is 0 Å². The van der Waals surface area contributed by atoms with E-state index in [1.165, 1.54) is 12.1 Å². The molecular formula is C25H26F3N5O. The highest BCUT2D eigenvalue weighted by molar-refractivity contribution is 6.00. The fraction of sp³-hybridized carbons (Fsp3) is 0.280. The summed E-state index contributed by atoms with van der Waals surface area (Å²) in [4.78, 5) is 21.9. The fourth-order valence-electron chi connectivity index (χ4n) is 3.74. The lowest BCUT2D eigenvalue weighted by molar-refractivity contribution is -0.137. The second-order valence-corrected chi connectivity index (χ2v) is 8.25. The van der Waals surface area contributed by atoms with Gasteiger partial charge in [0, 0.05) is 44.6 Å². The third-order valence-electron chi connectivity index (χ3n) is 5.73. The summed E-state index contributed by atoms with van der Waals surface area (Å²) in [5.74, 6) is 0.581. The van der Waals surface area contributed by atoms with Gasteiger partial charge in [-0.05, 0) is 49.0 Å². The van der Waals surface area contributed by atoms with E-state index in [1.807, 2.05) is 12.1 Å². The molecule has 0 atom stereocenters. The van der Waals surface area contributed by atoms with Gasteiger partial charge >= 0.3 is 6.18 Å². The Morgan fingerprint density at radius 3 is 2.47 bits per heavy atom. The Morgan fingerprint density at radius 2 is 1.76 bits per heavy atom. The third kappa shape index (κ3) is 5.85. The number of likely N-dealkylation sites (N-methyl/N-ethyl adjacent to an activating group) is 1. The number of para-hydroxylation sites is 1. The number of pyridine rings is 1. The van der Waals surface area contributed by atoms with E-state index < -0.39 is 11.7 Å². The van der Waals surface area contributed by atoms with E-state index in [1.54, 1.807) is 30.5 Å². The maximum atomic E-state index is 13.0. The first kappa shape index (κ1) is 23.6. The van der Waals surface area contributed by atoms with E-state index in [4.69, 9.17) is 0 Å². The highest BCUT2D eigenvalue weighted by Crippen LogP contribution is 2.32. The Bertz CT molecular complexity index is 1130. The number of piperazine rings is 1. The molecule has 0 spiro atoms. The summed E-state index contributed by atoms with van der Waals surface area (Å²) in [6.45, 7) is 4.12. The normalized spacial score (nSPS) is 14.6. The zero-order valence-corrected chi connectivity index (χ0v) is 18.8. The number of nitrogens with one attached hydrogen (secondary N) is 2. The van der Waals surface area contributed by atoms with Crippen molar-refractivity contribution < 1.29 is 18.0 Å². The molecule has 1 aromatic heterocycles. The first-order valence-corrected chi connectivity index (χ1v) is 11.0. The van der Waals surface area contributed by atoms with Crippen molar-refractivity contribution in [3.8, 4) is 0 Å². The Kier molecular flexibility index (Phi) is 7.02. The molecule has 3 aromatic rings. The smallest absolute Gasteiger partial charge is 0.355 e. The van der Waals surface area contributed by atoms with E-state index in [0.29, 0.717) is 11.3 Å². The van der Waals surface area contributed by atoms with Gasteiger partial charge in [-0.2, -0.15) is 13.2 Å². The molecule has 1 saturated heterocycles. The molecule has 0 radical (unpaired) electrons. The van der Waals surface area contributed by atoms with E-state index in [2.05, 4.69) is 32.5 Å². The molecule has 0 unspecified atom stereocenters. The van der Waals surface area contributed by atoms with Crippen LogP contribution in [-0.4, -0.2) is 49.0 Å². The van der Waals surface area contributed by atoms with Crippen molar-refractivity contribution in [1.29, 1.82) is 0 Å². The molecule has 0 aliphatic carbocycles. The minimum Gasteiger partial charge on any atom is -0.355 e. The number of hydrogen-bond donors (Lipinski definition) is 2. The van der Waals surface area contributed by atoms with Crippen LogP contribution in [0.25, 0.3) is 0 Å². The summed E-state index contributed by atoms with van der Waals surface area (Å²) in [6.07, 6.45) is -2.69. The standard InChI is InChI=1S/C25H26F3N5O/c1-32-11-13-33(14-12-32)23-10-9-18(16-29-23)17-30-24(34)21-7-2-3-8-22(21)31-20-6-4-5-19(15-20)25(26,27)28/h2-10,15-16,31H,11-14,17H2,1H3,(H,30,34). The van der Waals surface area contributed by atoms with Gasteiger partial charge in [0.2, 0.25) is 0 Å². The molecule has 178 valence electrons. The Balaban J connectivity index is 1.40. The number of carbonyl (C=O) groups excluding carboxylic acids is 1. The maximum Gasteiger partial charge on any atom is 0.416 e. The molecule has 4 rings (SSSR count). The summed E-state index contributed by atoms with van der Waals surface area (Å²) >= 11 is 0. The van der Waals surface area contributed by atoms with Gasteiger partial charge < -0.3 is 20.4 Å². The quantitative estimate of drug-likeness (QED) is 0.556. The minimum absolute atomic E-state index is 0.249. The zero-order valence-electron chi connectivity index (χ0n) is 18.8. The van der Waals surface area contributed by atoms with Crippen LogP contribution < -0.4 is 15.5 Å². The van der Waals surface area contributed by atoms with Gasteiger partial charge in [0.25, 0.3) is 5.91 Å². The predicted octanol–water partition coefficient (Wildman–Crippen LogP) is 4.53. The van der Waals surface area contributed by atoms with Crippen LogP contribution in [0.4, 0.5) is 30.4 Å². The second-order valence-electron chi connectivity index (χ2n) is 8.25. The largest absolute Gasteiger partial charge is 0.416 e. The number of benzene rings is 2. The monoisotopic (exact) mass is 469 g/mol. The maximum absolute atomic E-state index is 13.0. The van der Waals surface area contributed by atoms with Crippen molar-refractivity contribution in [2.75, 3.05) is 43.4 Å². The van der Waals surface area contributed by atoms with Crippen LogP contribution in [0.5, 0.6) is 0 Å². The molecule has 34 heavy (non-hydrogen) atoms. The van der Waals surface area contributed by atoms with Crippen molar-refractivity contribution in [3.05, 3.63) is 83.6 Å². The van der Waals surface area contributed by atoms with Crippen molar-refractivity contribution >= 4 is 23.1 Å². The Hall–Kier alpha value is -3.59. The van der Waals surface area contributed by atoms with Gasteiger partial charge in [-0.3, -0.25) is 4.79 Å². The topological polar surface area (TPSA) is 60.5 Å². The number of halogens is 3. The van der Waals surface area contributed by atoms with Crippen molar-refractivity contribution in [2.45, 2.75) is 12.7 Å². The average Bonchev–Trinajstić information content (AvgIpc) is 2.83. The first-order valence-electron chi connectivity index (χ1n) is 11.0. The number of anilines is 3. The van der Waals surface area contributed by atoms with Gasteiger partial charge in [0.1, 0.15) is 5.82 Å². The van der Waals surface area contributed by atoms with Crippen LogP contribution in [0.2, 0.25) is 0 Å². The van der Waals surface area contributed by atoms with E-state index in [-0.39, 0.29) is 18.1 Å². The lowest BCUT2D eigenvalue weighted by atomic mass is 10.1. The number of rotatable bonds is 6.